The Morgan fingerprint density at radius 2 is 1.78 bits per heavy atom. The maximum absolute atomic E-state index is 2.63. The molecule has 0 fully saturated rings. The third-order valence-corrected chi connectivity index (χ3v) is 4.03. The summed E-state index contributed by atoms with van der Waals surface area (Å²) in [4.78, 5) is 2.63. The summed E-state index contributed by atoms with van der Waals surface area (Å²) in [5.41, 5.74) is 4.64. The van der Waals surface area contributed by atoms with Crippen molar-refractivity contribution in [3.05, 3.63) is 29.3 Å². The van der Waals surface area contributed by atoms with Crippen LogP contribution in [0.25, 0.3) is 0 Å². The average Bonchev–Trinajstić information content (AvgIpc) is 2.28. The van der Waals surface area contributed by atoms with Gasteiger partial charge in [0.25, 0.3) is 0 Å². The molecular weight excluding hydrogens is 218 g/mol. The third-order valence-electron chi connectivity index (χ3n) is 4.03. The molecule has 1 heterocycles. The molecule has 0 aliphatic carbocycles. The number of fused-ring (bicyclic) bond motifs is 1. The molecule has 0 N–H and O–H groups in total. The van der Waals surface area contributed by atoms with Crippen LogP contribution in [-0.4, -0.2) is 12.6 Å². The van der Waals surface area contributed by atoms with Crippen LogP contribution in [0.1, 0.15) is 64.0 Å². The fourth-order valence-electron chi connectivity index (χ4n) is 3.03. The minimum absolute atomic E-state index is 0.599. The second-order valence-corrected chi connectivity index (χ2v) is 6.11. The Bertz CT molecular complexity index is 393. The molecule has 0 saturated carbocycles. The van der Waals surface area contributed by atoms with Crippen molar-refractivity contribution in [1.82, 2.24) is 0 Å². The zero-order valence-corrected chi connectivity index (χ0v) is 12.4. The van der Waals surface area contributed by atoms with Crippen molar-refractivity contribution < 1.29 is 0 Å². The van der Waals surface area contributed by atoms with Crippen molar-refractivity contribution in [2.75, 3.05) is 11.4 Å². The summed E-state index contributed by atoms with van der Waals surface area (Å²) >= 11 is 0. The Morgan fingerprint density at radius 1 is 1.00 bits per heavy atom. The molecule has 0 saturated heterocycles. The fourth-order valence-corrected chi connectivity index (χ4v) is 3.03. The SMILES string of the molecule is CC(C)c1cccc2c1N(C(C)C)CCCCC2. The average molecular weight is 245 g/mol. The van der Waals surface area contributed by atoms with E-state index in [0.717, 1.165) is 0 Å². The summed E-state index contributed by atoms with van der Waals surface area (Å²) in [6.07, 6.45) is 5.30. The van der Waals surface area contributed by atoms with Gasteiger partial charge in [-0.1, -0.05) is 38.5 Å². The van der Waals surface area contributed by atoms with E-state index in [2.05, 4.69) is 50.8 Å². The van der Waals surface area contributed by atoms with Crippen LogP contribution in [0.15, 0.2) is 18.2 Å². The molecule has 1 aromatic carbocycles. The van der Waals surface area contributed by atoms with Gasteiger partial charge in [0.05, 0.1) is 0 Å². The number of benzene rings is 1. The summed E-state index contributed by atoms with van der Waals surface area (Å²) in [5, 5.41) is 0. The molecule has 0 aromatic heterocycles. The normalized spacial score (nSPS) is 16.7. The molecule has 1 aliphatic rings. The third kappa shape index (κ3) is 2.71. The van der Waals surface area contributed by atoms with Crippen molar-refractivity contribution in [1.29, 1.82) is 0 Å². The van der Waals surface area contributed by atoms with E-state index in [4.69, 9.17) is 0 Å². The highest BCUT2D eigenvalue weighted by atomic mass is 15.2. The summed E-state index contributed by atoms with van der Waals surface area (Å²) in [6.45, 7) is 10.5. The van der Waals surface area contributed by atoms with Crippen LogP contribution >= 0.6 is 0 Å². The van der Waals surface area contributed by atoms with Crippen LogP contribution in [0.2, 0.25) is 0 Å². The fraction of sp³-hybridized carbons (Fsp3) is 0.647. The first-order valence-corrected chi connectivity index (χ1v) is 7.49. The van der Waals surface area contributed by atoms with Crippen LogP contribution in [0.5, 0.6) is 0 Å². The second kappa shape index (κ2) is 5.77. The van der Waals surface area contributed by atoms with Gasteiger partial charge in [0.1, 0.15) is 0 Å². The molecule has 18 heavy (non-hydrogen) atoms. The van der Waals surface area contributed by atoms with Gasteiger partial charge in [0.15, 0.2) is 0 Å². The molecule has 0 unspecified atom stereocenters. The summed E-state index contributed by atoms with van der Waals surface area (Å²) < 4.78 is 0. The topological polar surface area (TPSA) is 3.24 Å². The van der Waals surface area contributed by atoms with Gasteiger partial charge in [0.2, 0.25) is 0 Å². The van der Waals surface area contributed by atoms with Crippen LogP contribution in [0.4, 0.5) is 5.69 Å². The first-order valence-electron chi connectivity index (χ1n) is 7.49. The molecular formula is C17H27N. The zero-order chi connectivity index (χ0) is 13.1. The van der Waals surface area contributed by atoms with Gasteiger partial charge >= 0.3 is 0 Å². The molecule has 1 aliphatic heterocycles. The minimum Gasteiger partial charge on any atom is -0.369 e. The monoisotopic (exact) mass is 245 g/mol. The van der Waals surface area contributed by atoms with Gasteiger partial charge < -0.3 is 4.90 Å². The number of nitrogens with zero attached hydrogens (tertiary/aromatic N) is 1. The van der Waals surface area contributed by atoms with Crippen LogP contribution in [0, 0.1) is 0 Å². The minimum atomic E-state index is 0.599. The second-order valence-electron chi connectivity index (χ2n) is 6.11. The van der Waals surface area contributed by atoms with Gasteiger partial charge in [-0.3, -0.25) is 0 Å². The van der Waals surface area contributed by atoms with E-state index in [1.165, 1.54) is 37.8 Å². The van der Waals surface area contributed by atoms with Gasteiger partial charge in [-0.15, -0.1) is 0 Å². The van der Waals surface area contributed by atoms with E-state index in [1.54, 1.807) is 11.3 Å². The molecule has 0 spiro atoms. The number of aryl methyl sites for hydroxylation is 1. The summed E-state index contributed by atoms with van der Waals surface area (Å²) in [7, 11) is 0. The van der Waals surface area contributed by atoms with Gasteiger partial charge in [-0.05, 0) is 50.2 Å². The lowest BCUT2D eigenvalue weighted by molar-refractivity contribution is 0.590. The quantitative estimate of drug-likeness (QED) is 0.726. The Morgan fingerprint density at radius 3 is 2.44 bits per heavy atom. The molecule has 0 atom stereocenters. The van der Waals surface area contributed by atoms with E-state index < -0.39 is 0 Å². The largest absolute Gasteiger partial charge is 0.369 e. The van der Waals surface area contributed by atoms with E-state index in [1.807, 2.05) is 0 Å². The molecule has 1 heteroatoms. The van der Waals surface area contributed by atoms with Gasteiger partial charge in [-0.25, -0.2) is 0 Å². The van der Waals surface area contributed by atoms with Crippen LogP contribution < -0.4 is 4.90 Å². The van der Waals surface area contributed by atoms with Gasteiger partial charge in [0, 0.05) is 18.3 Å². The standard InChI is InChI=1S/C17H27N/c1-13(2)16-11-8-10-15-9-6-5-7-12-18(14(3)4)17(15)16/h8,10-11,13-14H,5-7,9,12H2,1-4H3. The number of hydrogen-bond acceptors (Lipinski definition) is 1. The number of rotatable bonds is 2. The molecule has 2 rings (SSSR count). The lowest BCUT2D eigenvalue weighted by Gasteiger charge is -2.35. The highest BCUT2D eigenvalue weighted by Crippen LogP contribution is 2.34. The van der Waals surface area contributed by atoms with E-state index in [9.17, 15) is 0 Å². The zero-order valence-electron chi connectivity index (χ0n) is 12.4. The van der Waals surface area contributed by atoms with E-state index in [0.29, 0.717) is 12.0 Å². The maximum Gasteiger partial charge on any atom is 0.0436 e. The van der Waals surface area contributed by atoms with Gasteiger partial charge in [-0.2, -0.15) is 0 Å². The first kappa shape index (κ1) is 13.5. The highest BCUT2D eigenvalue weighted by Gasteiger charge is 2.20. The van der Waals surface area contributed by atoms with Crippen molar-refractivity contribution in [2.24, 2.45) is 0 Å². The predicted octanol–water partition coefficient (Wildman–Crippen LogP) is 4.75. The lowest BCUT2D eigenvalue weighted by atomic mass is 9.92. The lowest BCUT2D eigenvalue weighted by Crippen LogP contribution is -2.34. The van der Waals surface area contributed by atoms with E-state index in [-0.39, 0.29) is 0 Å². The van der Waals surface area contributed by atoms with Crippen molar-refractivity contribution in [2.45, 2.75) is 65.3 Å². The Labute approximate surface area is 112 Å². The number of para-hydroxylation sites is 1. The van der Waals surface area contributed by atoms with Crippen molar-refractivity contribution >= 4 is 5.69 Å². The molecule has 0 bridgehead atoms. The van der Waals surface area contributed by atoms with E-state index >= 15 is 0 Å². The Kier molecular flexibility index (Phi) is 4.31. The molecule has 1 nitrogen and oxygen atoms in total. The maximum atomic E-state index is 2.63. The highest BCUT2D eigenvalue weighted by molar-refractivity contribution is 5.61. The summed E-state index contributed by atoms with van der Waals surface area (Å²) in [6, 6.07) is 7.50. The molecule has 100 valence electrons. The number of hydrogen-bond donors (Lipinski definition) is 0. The van der Waals surface area contributed by atoms with Crippen LogP contribution in [0.3, 0.4) is 0 Å². The van der Waals surface area contributed by atoms with Crippen molar-refractivity contribution in [3.8, 4) is 0 Å². The molecule has 0 radical (unpaired) electrons. The molecule has 0 amide bonds. The van der Waals surface area contributed by atoms with Crippen LogP contribution in [-0.2, 0) is 6.42 Å². The Hall–Kier alpha value is -0.980. The molecule has 1 aromatic rings. The van der Waals surface area contributed by atoms with Crippen molar-refractivity contribution in [3.63, 3.8) is 0 Å². The smallest absolute Gasteiger partial charge is 0.0436 e. The summed E-state index contributed by atoms with van der Waals surface area (Å²) in [5.74, 6) is 0.612. The predicted molar refractivity (Wildman–Crippen MR) is 80.6 cm³/mol. The Balaban J connectivity index is 2.51. The first-order chi connectivity index (χ1) is 8.61. The number of anilines is 1.